The molecule has 1 aliphatic heterocycles. The molecule has 0 aliphatic carbocycles. The Labute approximate surface area is 203 Å². The van der Waals surface area contributed by atoms with E-state index < -0.39 is 0 Å². The highest BCUT2D eigenvalue weighted by atomic mass is 35.5. The van der Waals surface area contributed by atoms with Gasteiger partial charge in [0, 0.05) is 20.2 Å². The van der Waals surface area contributed by atoms with Gasteiger partial charge in [-0.2, -0.15) is 20.0 Å². The van der Waals surface area contributed by atoms with Crippen molar-refractivity contribution in [1.82, 2.24) is 24.5 Å². The number of nitrogens with zero attached hydrogens (tertiary/aromatic N) is 7. The Morgan fingerprint density at radius 3 is 2.71 bits per heavy atom. The Hall–Kier alpha value is -3.44. The topological polar surface area (TPSA) is 127 Å². The Morgan fingerprint density at radius 2 is 2.03 bits per heavy atom. The third-order valence-electron chi connectivity index (χ3n) is 5.94. The van der Waals surface area contributed by atoms with Gasteiger partial charge in [-0.3, -0.25) is 0 Å². The van der Waals surface area contributed by atoms with Crippen LogP contribution in [0.15, 0.2) is 18.3 Å². The maximum absolute atomic E-state index is 9.64. The SMILES string of the molecule is CCNc1nc(Nc2cc(C#N)cc(C3CCN(CCOC)CC3)c2Cl)nn2c(C#N)cnc12. The van der Waals surface area contributed by atoms with Gasteiger partial charge in [-0.05, 0) is 56.5 Å². The number of aromatic nitrogens is 4. The molecule has 3 heterocycles. The van der Waals surface area contributed by atoms with Crippen molar-refractivity contribution in [3.05, 3.63) is 40.2 Å². The second-order valence-corrected chi connectivity index (χ2v) is 8.46. The fourth-order valence-electron chi connectivity index (χ4n) is 4.20. The number of nitriles is 2. The van der Waals surface area contributed by atoms with Crippen LogP contribution in [0.4, 0.5) is 17.5 Å². The second-order valence-electron chi connectivity index (χ2n) is 8.08. The molecular formula is C23H26ClN9O. The van der Waals surface area contributed by atoms with Crippen molar-refractivity contribution >= 4 is 34.7 Å². The van der Waals surface area contributed by atoms with E-state index >= 15 is 0 Å². The van der Waals surface area contributed by atoms with Gasteiger partial charge >= 0.3 is 0 Å². The molecule has 0 saturated carbocycles. The maximum atomic E-state index is 9.64. The Bertz CT molecular complexity index is 1250. The minimum absolute atomic E-state index is 0.246. The molecule has 0 radical (unpaired) electrons. The monoisotopic (exact) mass is 479 g/mol. The fraction of sp³-hybridized carbons (Fsp3) is 0.435. The summed E-state index contributed by atoms with van der Waals surface area (Å²) in [5.41, 5.74) is 2.76. The zero-order valence-corrected chi connectivity index (χ0v) is 19.9. The molecule has 2 aromatic heterocycles. The van der Waals surface area contributed by atoms with E-state index in [1.54, 1.807) is 13.2 Å². The molecule has 0 atom stereocenters. The van der Waals surface area contributed by atoms with Crippen LogP contribution in [0.5, 0.6) is 0 Å². The van der Waals surface area contributed by atoms with Crippen LogP contribution in [0.1, 0.15) is 42.5 Å². The van der Waals surface area contributed by atoms with Gasteiger partial charge in [-0.1, -0.05) is 11.6 Å². The number of imidazole rings is 1. The quantitative estimate of drug-likeness (QED) is 0.498. The highest BCUT2D eigenvalue weighted by Crippen LogP contribution is 2.38. The van der Waals surface area contributed by atoms with Gasteiger partial charge < -0.3 is 20.3 Å². The first kappa shape index (κ1) is 23.7. The number of benzene rings is 1. The number of methoxy groups -OCH3 is 1. The number of nitrogens with one attached hydrogen (secondary N) is 2. The molecule has 0 amide bonds. The third-order valence-corrected chi connectivity index (χ3v) is 6.36. The summed E-state index contributed by atoms with van der Waals surface area (Å²) in [7, 11) is 1.71. The number of ether oxygens (including phenoxy) is 1. The van der Waals surface area contributed by atoms with E-state index in [0.29, 0.717) is 40.9 Å². The summed E-state index contributed by atoms with van der Waals surface area (Å²) in [4.78, 5) is 11.1. The molecule has 34 heavy (non-hydrogen) atoms. The lowest BCUT2D eigenvalue weighted by Gasteiger charge is -2.32. The predicted molar refractivity (Wildman–Crippen MR) is 129 cm³/mol. The molecule has 0 spiro atoms. The molecule has 4 rings (SSSR count). The Kier molecular flexibility index (Phi) is 7.43. The zero-order valence-electron chi connectivity index (χ0n) is 19.2. The first-order chi connectivity index (χ1) is 16.6. The van der Waals surface area contributed by atoms with Gasteiger partial charge in [0.1, 0.15) is 6.07 Å². The number of likely N-dealkylation sites (tertiary alicyclic amines) is 1. The van der Waals surface area contributed by atoms with Crippen LogP contribution in [0.2, 0.25) is 5.02 Å². The minimum Gasteiger partial charge on any atom is -0.383 e. The van der Waals surface area contributed by atoms with E-state index in [-0.39, 0.29) is 17.6 Å². The maximum Gasteiger partial charge on any atom is 0.247 e. The molecule has 0 bridgehead atoms. The van der Waals surface area contributed by atoms with Crippen molar-refractivity contribution in [2.45, 2.75) is 25.7 Å². The van der Waals surface area contributed by atoms with Crippen LogP contribution in [0, 0.1) is 22.7 Å². The van der Waals surface area contributed by atoms with Crippen molar-refractivity contribution in [2.75, 3.05) is 50.5 Å². The number of anilines is 3. The number of rotatable bonds is 8. The number of piperidine rings is 1. The standard InChI is InChI=1S/C23H26ClN9O/c1-3-27-21-22-28-14-17(13-26)33(22)31-23(30-21)29-19-11-15(12-25)10-18(20(19)24)16-4-6-32(7-5-16)8-9-34-2/h10-11,14,16H,3-9H2,1-2H3,(H2,27,29,30,31). The van der Waals surface area contributed by atoms with E-state index in [4.69, 9.17) is 16.3 Å². The Balaban J connectivity index is 1.65. The number of hydrogen-bond donors (Lipinski definition) is 2. The smallest absolute Gasteiger partial charge is 0.247 e. The number of halogens is 1. The fourth-order valence-corrected chi connectivity index (χ4v) is 4.52. The summed E-state index contributed by atoms with van der Waals surface area (Å²) in [5, 5.41) is 30.3. The van der Waals surface area contributed by atoms with Gasteiger partial charge in [-0.15, -0.1) is 5.10 Å². The molecule has 176 valence electrons. The highest BCUT2D eigenvalue weighted by Gasteiger charge is 2.24. The molecule has 1 aliphatic rings. The second kappa shape index (κ2) is 10.7. The van der Waals surface area contributed by atoms with E-state index in [1.165, 1.54) is 10.7 Å². The molecule has 11 heteroatoms. The zero-order chi connectivity index (χ0) is 24.1. The molecule has 0 unspecified atom stereocenters. The van der Waals surface area contributed by atoms with Crippen molar-refractivity contribution in [1.29, 1.82) is 10.5 Å². The molecule has 10 nitrogen and oxygen atoms in total. The third kappa shape index (κ3) is 4.90. The van der Waals surface area contributed by atoms with E-state index in [1.807, 2.05) is 13.0 Å². The average molecular weight is 480 g/mol. The van der Waals surface area contributed by atoms with Gasteiger partial charge in [0.05, 0.1) is 35.1 Å². The van der Waals surface area contributed by atoms with Gasteiger partial charge in [-0.25, -0.2) is 4.98 Å². The molecule has 1 saturated heterocycles. The molecule has 3 aromatic rings. The van der Waals surface area contributed by atoms with Crippen LogP contribution < -0.4 is 10.6 Å². The van der Waals surface area contributed by atoms with Crippen LogP contribution in [-0.4, -0.2) is 64.4 Å². The predicted octanol–water partition coefficient (Wildman–Crippen LogP) is 3.52. The normalized spacial score (nSPS) is 14.6. The Morgan fingerprint density at radius 1 is 1.24 bits per heavy atom. The lowest BCUT2D eigenvalue weighted by atomic mass is 9.88. The van der Waals surface area contributed by atoms with Crippen LogP contribution in [0.3, 0.4) is 0 Å². The number of fused-ring (bicyclic) bond motifs is 1. The van der Waals surface area contributed by atoms with E-state index in [2.05, 4.69) is 42.7 Å². The first-order valence-electron chi connectivity index (χ1n) is 11.2. The summed E-state index contributed by atoms with van der Waals surface area (Å²) in [6, 6.07) is 7.89. The van der Waals surface area contributed by atoms with E-state index in [9.17, 15) is 10.5 Å². The van der Waals surface area contributed by atoms with Crippen molar-refractivity contribution in [3.63, 3.8) is 0 Å². The van der Waals surface area contributed by atoms with Crippen LogP contribution >= 0.6 is 11.6 Å². The molecule has 1 aromatic carbocycles. The lowest BCUT2D eigenvalue weighted by Crippen LogP contribution is -2.35. The van der Waals surface area contributed by atoms with Crippen molar-refractivity contribution in [3.8, 4) is 12.1 Å². The summed E-state index contributed by atoms with van der Waals surface area (Å²) in [6.45, 7) is 6.10. The highest BCUT2D eigenvalue weighted by molar-refractivity contribution is 6.34. The lowest BCUT2D eigenvalue weighted by molar-refractivity contribution is 0.130. The van der Waals surface area contributed by atoms with Crippen LogP contribution in [-0.2, 0) is 4.74 Å². The largest absolute Gasteiger partial charge is 0.383 e. The average Bonchev–Trinajstić information content (AvgIpc) is 3.28. The summed E-state index contributed by atoms with van der Waals surface area (Å²) < 4.78 is 6.63. The van der Waals surface area contributed by atoms with Gasteiger partial charge in [0.15, 0.2) is 17.2 Å². The van der Waals surface area contributed by atoms with Crippen LogP contribution in [0.25, 0.3) is 5.65 Å². The molecular weight excluding hydrogens is 454 g/mol. The first-order valence-corrected chi connectivity index (χ1v) is 11.6. The summed E-state index contributed by atoms with van der Waals surface area (Å²) >= 11 is 6.85. The number of hydrogen-bond acceptors (Lipinski definition) is 9. The van der Waals surface area contributed by atoms with Gasteiger partial charge in [0.2, 0.25) is 5.95 Å². The minimum atomic E-state index is 0.246. The van der Waals surface area contributed by atoms with Gasteiger partial charge in [0.25, 0.3) is 0 Å². The molecule has 2 N–H and O–H groups in total. The van der Waals surface area contributed by atoms with Crippen molar-refractivity contribution < 1.29 is 4.74 Å². The summed E-state index contributed by atoms with van der Waals surface area (Å²) in [6.07, 6.45) is 3.35. The van der Waals surface area contributed by atoms with Crippen molar-refractivity contribution in [2.24, 2.45) is 0 Å². The molecule has 1 fully saturated rings. The summed E-state index contributed by atoms with van der Waals surface area (Å²) in [5.74, 6) is 0.993. The van der Waals surface area contributed by atoms with E-state index in [0.717, 1.165) is 38.0 Å².